The van der Waals surface area contributed by atoms with Crippen LogP contribution in [0.1, 0.15) is 69.7 Å². The maximum Gasteiger partial charge on any atom is 0.342 e. The summed E-state index contributed by atoms with van der Waals surface area (Å²) in [5, 5.41) is 0. The molecule has 0 amide bonds. The molecule has 1 aromatic carbocycles. The van der Waals surface area contributed by atoms with Crippen LogP contribution in [0.2, 0.25) is 0 Å². The zero-order valence-electron chi connectivity index (χ0n) is 16.1. The summed E-state index contributed by atoms with van der Waals surface area (Å²) in [6.07, 6.45) is 6.43. The largest absolute Gasteiger partial charge is 0.459 e. The van der Waals surface area contributed by atoms with Gasteiger partial charge in [-0.2, -0.15) is 0 Å². The molecule has 26 heavy (non-hydrogen) atoms. The predicted molar refractivity (Wildman–Crippen MR) is 102 cm³/mol. The molecule has 1 saturated carbocycles. The first-order chi connectivity index (χ1) is 12.5. The lowest BCUT2D eigenvalue weighted by Gasteiger charge is -2.35. The van der Waals surface area contributed by atoms with Gasteiger partial charge in [0.25, 0.3) is 0 Å². The van der Waals surface area contributed by atoms with Gasteiger partial charge in [-0.25, -0.2) is 9.59 Å². The Balaban J connectivity index is 2.04. The number of hydrogen-bond acceptors (Lipinski definition) is 4. The highest BCUT2D eigenvalue weighted by Crippen LogP contribution is 2.37. The van der Waals surface area contributed by atoms with E-state index in [-0.39, 0.29) is 23.0 Å². The lowest BCUT2D eigenvalue weighted by molar-refractivity contribution is -0.130. The highest BCUT2D eigenvalue weighted by Gasteiger charge is 2.31. The zero-order valence-corrected chi connectivity index (χ0v) is 16.1. The van der Waals surface area contributed by atoms with Gasteiger partial charge in [-0.3, -0.25) is 0 Å². The summed E-state index contributed by atoms with van der Waals surface area (Å²) in [4.78, 5) is 24.4. The SMILES string of the molecule is C=C(C)C(=O)Oc1ccccc1C(=O)OC1CCC(CCC)C(CC)C1. The topological polar surface area (TPSA) is 52.6 Å². The summed E-state index contributed by atoms with van der Waals surface area (Å²) in [5.74, 6) is 0.597. The van der Waals surface area contributed by atoms with Crippen LogP contribution in [0.3, 0.4) is 0 Å². The van der Waals surface area contributed by atoms with Gasteiger partial charge >= 0.3 is 11.9 Å². The zero-order chi connectivity index (χ0) is 19.1. The van der Waals surface area contributed by atoms with Crippen LogP contribution in [0.4, 0.5) is 0 Å². The summed E-state index contributed by atoms with van der Waals surface area (Å²) >= 11 is 0. The van der Waals surface area contributed by atoms with Gasteiger partial charge in [0.15, 0.2) is 0 Å². The van der Waals surface area contributed by atoms with Crippen molar-refractivity contribution >= 4 is 11.9 Å². The van der Waals surface area contributed by atoms with Crippen molar-refractivity contribution < 1.29 is 19.1 Å². The van der Waals surface area contributed by atoms with E-state index in [4.69, 9.17) is 9.47 Å². The van der Waals surface area contributed by atoms with Gasteiger partial charge < -0.3 is 9.47 Å². The maximum atomic E-state index is 12.7. The highest BCUT2D eigenvalue weighted by atomic mass is 16.6. The van der Waals surface area contributed by atoms with Gasteiger partial charge in [-0.05, 0) is 50.2 Å². The monoisotopic (exact) mass is 358 g/mol. The fourth-order valence-electron chi connectivity index (χ4n) is 3.77. The Morgan fingerprint density at radius 1 is 1.15 bits per heavy atom. The van der Waals surface area contributed by atoms with Crippen LogP contribution < -0.4 is 4.74 Å². The van der Waals surface area contributed by atoms with Crippen molar-refractivity contribution in [3.05, 3.63) is 42.0 Å². The van der Waals surface area contributed by atoms with E-state index in [0.29, 0.717) is 5.92 Å². The molecular formula is C22H30O4. The van der Waals surface area contributed by atoms with Gasteiger partial charge in [0.05, 0.1) is 0 Å². The Bertz CT molecular complexity index is 649. The molecule has 4 nitrogen and oxygen atoms in total. The third-order valence-corrected chi connectivity index (χ3v) is 5.21. The molecule has 1 aliphatic rings. The Labute approximate surface area is 156 Å². The lowest BCUT2D eigenvalue weighted by atomic mass is 9.74. The minimum atomic E-state index is -0.545. The van der Waals surface area contributed by atoms with Crippen LogP contribution in [0, 0.1) is 11.8 Å². The van der Waals surface area contributed by atoms with E-state index in [1.165, 1.54) is 12.8 Å². The number of benzene rings is 1. The van der Waals surface area contributed by atoms with Gasteiger partial charge in [0.2, 0.25) is 0 Å². The molecule has 0 heterocycles. The molecule has 2 rings (SSSR count). The quantitative estimate of drug-likeness (QED) is 0.376. The minimum Gasteiger partial charge on any atom is -0.459 e. The van der Waals surface area contributed by atoms with Crippen LogP contribution in [0.25, 0.3) is 0 Å². The molecule has 0 spiro atoms. The maximum absolute atomic E-state index is 12.7. The average molecular weight is 358 g/mol. The summed E-state index contributed by atoms with van der Waals surface area (Å²) < 4.78 is 11.0. The molecule has 0 saturated heterocycles. The van der Waals surface area contributed by atoms with Crippen LogP contribution in [-0.2, 0) is 9.53 Å². The Kier molecular flexibility index (Phi) is 7.43. The number of hydrogen-bond donors (Lipinski definition) is 0. The van der Waals surface area contributed by atoms with Crippen LogP contribution in [0.5, 0.6) is 5.75 Å². The minimum absolute atomic E-state index is 0.0644. The molecule has 1 aliphatic carbocycles. The molecule has 3 unspecified atom stereocenters. The summed E-state index contributed by atoms with van der Waals surface area (Å²) in [5.41, 5.74) is 0.569. The van der Waals surface area contributed by atoms with Gasteiger partial charge in [-0.15, -0.1) is 0 Å². The van der Waals surface area contributed by atoms with E-state index in [1.807, 2.05) is 0 Å². The number of esters is 2. The van der Waals surface area contributed by atoms with E-state index in [1.54, 1.807) is 31.2 Å². The molecule has 1 aromatic rings. The van der Waals surface area contributed by atoms with Crippen LogP contribution >= 0.6 is 0 Å². The number of carbonyl (C=O) groups excluding carboxylic acids is 2. The van der Waals surface area contributed by atoms with E-state index in [2.05, 4.69) is 20.4 Å². The molecule has 4 heteroatoms. The first kappa shape index (κ1) is 20.2. The number of carbonyl (C=O) groups is 2. The molecule has 142 valence electrons. The summed E-state index contributed by atoms with van der Waals surface area (Å²) in [6, 6.07) is 6.69. The second-order valence-corrected chi connectivity index (χ2v) is 7.22. The fourth-order valence-corrected chi connectivity index (χ4v) is 3.77. The summed E-state index contributed by atoms with van der Waals surface area (Å²) in [6.45, 7) is 9.58. The predicted octanol–water partition coefficient (Wildman–Crippen LogP) is 5.32. The second-order valence-electron chi connectivity index (χ2n) is 7.22. The van der Waals surface area contributed by atoms with Crippen molar-refractivity contribution in [3.8, 4) is 5.75 Å². The number of rotatable bonds is 7. The Hall–Kier alpha value is -2.10. The van der Waals surface area contributed by atoms with E-state index in [0.717, 1.165) is 31.6 Å². The Morgan fingerprint density at radius 3 is 2.54 bits per heavy atom. The lowest BCUT2D eigenvalue weighted by Crippen LogP contribution is -2.31. The van der Waals surface area contributed by atoms with Gasteiger partial charge in [0.1, 0.15) is 17.4 Å². The van der Waals surface area contributed by atoms with E-state index in [9.17, 15) is 9.59 Å². The van der Waals surface area contributed by atoms with Crippen molar-refractivity contribution in [2.75, 3.05) is 0 Å². The normalized spacial score (nSPS) is 22.5. The first-order valence-corrected chi connectivity index (χ1v) is 9.63. The number of para-hydroxylation sites is 1. The molecule has 3 atom stereocenters. The van der Waals surface area contributed by atoms with Crippen molar-refractivity contribution in [2.24, 2.45) is 11.8 Å². The molecule has 0 aromatic heterocycles. The molecule has 0 bridgehead atoms. The van der Waals surface area contributed by atoms with Gasteiger partial charge in [0, 0.05) is 5.57 Å². The smallest absolute Gasteiger partial charge is 0.342 e. The third-order valence-electron chi connectivity index (χ3n) is 5.21. The van der Waals surface area contributed by atoms with Crippen molar-refractivity contribution in [2.45, 2.75) is 65.4 Å². The van der Waals surface area contributed by atoms with Crippen molar-refractivity contribution in [1.82, 2.24) is 0 Å². The summed E-state index contributed by atoms with van der Waals surface area (Å²) in [7, 11) is 0. The molecule has 0 aliphatic heterocycles. The molecular weight excluding hydrogens is 328 g/mol. The van der Waals surface area contributed by atoms with Crippen molar-refractivity contribution in [3.63, 3.8) is 0 Å². The van der Waals surface area contributed by atoms with Crippen molar-refractivity contribution in [1.29, 1.82) is 0 Å². The third kappa shape index (κ3) is 5.20. The molecule has 0 N–H and O–H groups in total. The molecule has 1 fully saturated rings. The first-order valence-electron chi connectivity index (χ1n) is 9.63. The molecule has 0 radical (unpaired) electrons. The second kappa shape index (κ2) is 9.56. The fraction of sp³-hybridized carbons (Fsp3) is 0.545. The van der Waals surface area contributed by atoms with E-state index < -0.39 is 11.9 Å². The Morgan fingerprint density at radius 2 is 1.88 bits per heavy atom. The van der Waals surface area contributed by atoms with Crippen LogP contribution in [0.15, 0.2) is 36.4 Å². The van der Waals surface area contributed by atoms with Crippen LogP contribution in [-0.4, -0.2) is 18.0 Å². The van der Waals surface area contributed by atoms with E-state index >= 15 is 0 Å². The number of ether oxygens (including phenoxy) is 2. The average Bonchev–Trinajstić information content (AvgIpc) is 2.63. The standard InChI is InChI=1S/C22H30O4/c1-5-9-17-12-13-18(14-16(17)6-2)25-22(24)19-10-7-8-11-20(19)26-21(23)15(3)4/h7-8,10-11,16-18H,3,5-6,9,12-14H2,1-2,4H3. The highest BCUT2D eigenvalue weighted by molar-refractivity contribution is 5.95. The van der Waals surface area contributed by atoms with Gasteiger partial charge in [-0.1, -0.05) is 51.8 Å².